The van der Waals surface area contributed by atoms with Crippen molar-refractivity contribution in [3.8, 4) is 11.5 Å². The van der Waals surface area contributed by atoms with Crippen LogP contribution in [0.3, 0.4) is 0 Å². The Labute approximate surface area is 122 Å². The molecule has 0 aliphatic heterocycles. The third-order valence-corrected chi connectivity index (χ3v) is 2.81. The first-order valence-electron chi connectivity index (χ1n) is 6.75. The molecule has 110 valence electrons. The number of carbonyl (C=O) groups is 1. The van der Waals surface area contributed by atoms with Crippen LogP contribution in [0.4, 0.5) is 0 Å². The second-order valence-corrected chi connectivity index (χ2v) is 4.51. The molecule has 1 aromatic heterocycles. The quantitative estimate of drug-likeness (QED) is 0.795. The molecule has 0 unspecified atom stereocenters. The zero-order valence-electron chi connectivity index (χ0n) is 11.8. The molecule has 1 heterocycles. The number of benzene rings is 1. The van der Waals surface area contributed by atoms with E-state index >= 15 is 0 Å². The van der Waals surface area contributed by atoms with E-state index in [0.717, 1.165) is 12.7 Å². The number of carbonyl (C=O) groups excluding carboxylic acids is 1. The van der Waals surface area contributed by atoms with Gasteiger partial charge in [0.1, 0.15) is 18.6 Å². The molecule has 0 aliphatic rings. The Hall–Kier alpha value is -2.56. The smallest absolute Gasteiger partial charge is 0.223 e. The van der Waals surface area contributed by atoms with Crippen molar-refractivity contribution in [2.75, 3.05) is 6.61 Å². The number of hydrogen-bond donors (Lipinski definition) is 1. The zero-order chi connectivity index (χ0) is 15.1. The van der Waals surface area contributed by atoms with Crippen molar-refractivity contribution in [2.45, 2.75) is 20.0 Å². The topological polar surface area (TPSA) is 68.4 Å². The molecule has 2 aromatic rings. The number of rotatable bonds is 7. The van der Waals surface area contributed by atoms with E-state index in [1.807, 2.05) is 6.92 Å². The molecule has 21 heavy (non-hydrogen) atoms. The summed E-state index contributed by atoms with van der Waals surface area (Å²) in [7, 11) is 0. The highest BCUT2D eigenvalue weighted by molar-refractivity contribution is 5.74. The molecular formula is C16H17NO4. The van der Waals surface area contributed by atoms with Gasteiger partial charge in [-0.05, 0) is 30.7 Å². The van der Waals surface area contributed by atoms with Crippen LogP contribution in [-0.2, 0) is 6.61 Å². The van der Waals surface area contributed by atoms with E-state index < -0.39 is 0 Å². The van der Waals surface area contributed by atoms with E-state index in [1.165, 1.54) is 6.07 Å². The lowest BCUT2D eigenvalue weighted by Gasteiger charge is -2.08. The minimum Gasteiger partial charge on any atom is -0.488 e. The van der Waals surface area contributed by atoms with Crippen LogP contribution in [0.1, 0.15) is 29.4 Å². The fourth-order valence-corrected chi connectivity index (χ4v) is 1.71. The first-order valence-corrected chi connectivity index (χ1v) is 6.75. The Balaban J connectivity index is 1.97. The van der Waals surface area contributed by atoms with Gasteiger partial charge in [0.25, 0.3) is 0 Å². The molecular weight excluding hydrogens is 270 g/mol. The number of ether oxygens (including phenoxy) is 2. The van der Waals surface area contributed by atoms with Crippen molar-refractivity contribution in [2.24, 2.45) is 0 Å². The molecule has 0 atom stereocenters. The van der Waals surface area contributed by atoms with Crippen molar-refractivity contribution in [1.82, 2.24) is 4.98 Å². The van der Waals surface area contributed by atoms with Crippen LogP contribution in [0.15, 0.2) is 41.3 Å². The van der Waals surface area contributed by atoms with Gasteiger partial charge in [-0.3, -0.25) is 9.59 Å². The highest BCUT2D eigenvalue weighted by atomic mass is 16.5. The third-order valence-electron chi connectivity index (χ3n) is 2.81. The highest BCUT2D eigenvalue weighted by Gasteiger charge is 2.03. The summed E-state index contributed by atoms with van der Waals surface area (Å²) in [6.07, 6.45) is 3.17. The van der Waals surface area contributed by atoms with Gasteiger partial charge < -0.3 is 14.5 Å². The molecule has 0 saturated carbocycles. The Morgan fingerprint density at radius 2 is 1.95 bits per heavy atom. The molecule has 0 fully saturated rings. The molecule has 0 spiro atoms. The normalized spacial score (nSPS) is 10.1. The first-order chi connectivity index (χ1) is 10.2. The van der Waals surface area contributed by atoms with Gasteiger partial charge in [-0.2, -0.15) is 0 Å². The average molecular weight is 287 g/mol. The minimum atomic E-state index is -0.169. The number of hydrogen-bond acceptors (Lipinski definition) is 4. The molecule has 1 aromatic carbocycles. The Morgan fingerprint density at radius 1 is 1.19 bits per heavy atom. The van der Waals surface area contributed by atoms with E-state index in [-0.39, 0.29) is 12.0 Å². The van der Waals surface area contributed by atoms with Crippen LogP contribution in [-0.4, -0.2) is 17.9 Å². The van der Waals surface area contributed by atoms with Crippen LogP contribution in [0.5, 0.6) is 11.5 Å². The van der Waals surface area contributed by atoms with Gasteiger partial charge in [0.2, 0.25) is 5.43 Å². The number of aromatic nitrogens is 1. The van der Waals surface area contributed by atoms with Gasteiger partial charge in [-0.25, -0.2) is 0 Å². The Bertz CT molecular complexity index is 646. The van der Waals surface area contributed by atoms with E-state index in [9.17, 15) is 9.59 Å². The number of nitrogens with one attached hydrogen (secondary N) is 1. The Kier molecular flexibility index (Phi) is 5.15. The predicted octanol–water partition coefficient (Wildman–Crippen LogP) is 2.56. The van der Waals surface area contributed by atoms with Gasteiger partial charge in [0.15, 0.2) is 5.75 Å². The third kappa shape index (κ3) is 4.21. The van der Waals surface area contributed by atoms with Crippen LogP contribution >= 0.6 is 0 Å². The molecule has 0 amide bonds. The van der Waals surface area contributed by atoms with Crippen molar-refractivity contribution >= 4 is 6.29 Å². The maximum atomic E-state index is 11.8. The lowest BCUT2D eigenvalue weighted by atomic mass is 10.2. The van der Waals surface area contributed by atoms with Gasteiger partial charge in [-0.15, -0.1) is 0 Å². The second-order valence-electron chi connectivity index (χ2n) is 4.51. The van der Waals surface area contributed by atoms with Gasteiger partial charge in [0, 0.05) is 17.8 Å². The largest absolute Gasteiger partial charge is 0.488 e. The maximum Gasteiger partial charge on any atom is 0.223 e. The molecule has 5 heteroatoms. The summed E-state index contributed by atoms with van der Waals surface area (Å²) in [6, 6.07) is 8.23. The molecule has 0 radical (unpaired) electrons. The molecule has 0 aliphatic carbocycles. The maximum absolute atomic E-state index is 11.8. The van der Waals surface area contributed by atoms with Crippen molar-refractivity contribution in [1.29, 1.82) is 0 Å². The van der Waals surface area contributed by atoms with Gasteiger partial charge in [-0.1, -0.05) is 6.92 Å². The standard InChI is InChI=1S/C16H17NO4/c1-2-7-20-16-9-17-13(8-15(16)19)11-21-14-5-3-12(10-18)4-6-14/h3-6,8-10H,2,7,11H2,1H3,(H,17,19). The number of H-pyrrole nitrogens is 1. The van der Waals surface area contributed by atoms with Crippen molar-refractivity contribution < 1.29 is 14.3 Å². The fraction of sp³-hybridized carbons (Fsp3) is 0.250. The summed E-state index contributed by atoms with van der Waals surface area (Å²) in [4.78, 5) is 25.3. The van der Waals surface area contributed by atoms with E-state index in [4.69, 9.17) is 9.47 Å². The van der Waals surface area contributed by atoms with Crippen LogP contribution < -0.4 is 14.9 Å². The lowest BCUT2D eigenvalue weighted by molar-refractivity contribution is 0.112. The summed E-state index contributed by atoms with van der Waals surface area (Å²) in [6.45, 7) is 2.73. The molecule has 2 rings (SSSR count). The highest BCUT2D eigenvalue weighted by Crippen LogP contribution is 2.13. The SMILES string of the molecule is CCCOc1c[nH]c(COc2ccc(C=O)cc2)cc1=O. The molecule has 1 N–H and O–H groups in total. The summed E-state index contributed by atoms with van der Waals surface area (Å²) in [5, 5.41) is 0. The number of aromatic amines is 1. The van der Waals surface area contributed by atoms with Crippen molar-refractivity contribution in [3.63, 3.8) is 0 Å². The van der Waals surface area contributed by atoms with Crippen molar-refractivity contribution in [3.05, 3.63) is 58.0 Å². The Morgan fingerprint density at radius 3 is 2.57 bits per heavy atom. The van der Waals surface area contributed by atoms with Gasteiger partial charge >= 0.3 is 0 Å². The second kappa shape index (κ2) is 7.28. The average Bonchev–Trinajstić information content (AvgIpc) is 2.52. The predicted molar refractivity (Wildman–Crippen MR) is 79.0 cm³/mol. The zero-order valence-corrected chi connectivity index (χ0v) is 11.8. The van der Waals surface area contributed by atoms with Gasteiger partial charge in [0.05, 0.1) is 12.3 Å². The lowest BCUT2D eigenvalue weighted by Crippen LogP contribution is -2.11. The molecule has 5 nitrogen and oxygen atoms in total. The summed E-state index contributed by atoms with van der Waals surface area (Å²) < 4.78 is 10.9. The fourth-order valence-electron chi connectivity index (χ4n) is 1.71. The number of pyridine rings is 1. The van der Waals surface area contributed by atoms with Crippen LogP contribution in [0.25, 0.3) is 0 Å². The summed E-state index contributed by atoms with van der Waals surface area (Å²) >= 11 is 0. The van der Waals surface area contributed by atoms with Crippen LogP contribution in [0.2, 0.25) is 0 Å². The molecule has 0 saturated heterocycles. The monoisotopic (exact) mass is 287 g/mol. The van der Waals surface area contributed by atoms with E-state index in [1.54, 1.807) is 30.5 Å². The minimum absolute atomic E-state index is 0.169. The molecule has 0 bridgehead atoms. The summed E-state index contributed by atoms with van der Waals surface area (Å²) in [5.74, 6) is 0.948. The van der Waals surface area contributed by atoms with E-state index in [2.05, 4.69) is 4.98 Å². The summed E-state index contributed by atoms with van der Waals surface area (Å²) in [5.41, 5.74) is 1.08. The van der Waals surface area contributed by atoms with E-state index in [0.29, 0.717) is 29.4 Å². The number of aldehydes is 1. The first kappa shape index (κ1) is 14.8. The van der Waals surface area contributed by atoms with Crippen LogP contribution in [0, 0.1) is 0 Å².